The molecule has 0 aliphatic heterocycles. The van der Waals surface area contributed by atoms with Crippen LogP contribution in [0.5, 0.6) is 0 Å². The SMILES string of the molecule is Cc1ncc2c(n1)C(CN)CC2. The summed E-state index contributed by atoms with van der Waals surface area (Å²) in [6, 6.07) is 0. The number of nitrogens with two attached hydrogens (primary N) is 1. The van der Waals surface area contributed by atoms with Gasteiger partial charge in [-0.15, -0.1) is 0 Å². The molecule has 12 heavy (non-hydrogen) atoms. The smallest absolute Gasteiger partial charge is 0.125 e. The molecule has 0 aromatic carbocycles. The van der Waals surface area contributed by atoms with E-state index in [1.807, 2.05) is 13.1 Å². The maximum absolute atomic E-state index is 5.64. The van der Waals surface area contributed by atoms with Crippen LogP contribution in [0.3, 0.4) is 0 Å². The van der Waals surface area contributed by atoms with Gasteiger partial charge < -0.3 is 5.73 Å². The topological polar surface area (TPSA) is 51.8 Å². The van der Waals surface area contributed by atoms with Crippen LogP contribution in [0.2, 0.25) is 0 Å². The molecule has 1 aliphatic rings. The minimum atomic E-state index is 0.474. The maximum atomic E-state index is 5.64. The van der Waals surface area contributed by atoms with Crippen LogP contribution in [0.1, 0.15) is 29.4 Å². The predicted octanol–water partition coefficient (Wildman–Crippen LogP) is 0.774. The van der Waals surface area contributed by atoms with Crippen molar-refractivity contribution in [3.8, 4) is 0 Å². The lowest BCUT2D eigenvalue weighted by molar-refractivity contribution is 0.672. The second-order valence-corrected chi connectivity index (χ2v) is 3.30. The molecule has 1 aliphatic carbocycles. The highest BCUT2D eigenvalue weighted by Gasteiger charge is 2.22. The molecule has 0 bridgehead atoms. The molecule has 0 saturated heterocycles. The summed E-state index contributed by atoms with van der Waals surface area (Å²) in [6.45, 7) is 2.63. The molecule has 3 heteroatoms. The Bertz CT molecular complexity index is 296. The molecule has 1 aromatic heterocycles. The highest BCUT2D eigenvalue weighted by molar-refractivity contribution is 5.27. The second kappa shape index (κ2) is 2.83. The van der Waals surface area contributed by atoms with E-state index in [-0.39, 0.29) is 0 Å². The van der Waals surface area contributed by atoms with Crippen LogP contribution in [0.4, 0.5) is 0 Å². The molecule has 3 nitrogen and oxygen atoms in total. The molecular formula is C9H13N3. The normalized spacial score (nSPS) is 21.0. The summed E-state index contributed by atoms with van der Waals surface area (Å²) in [7, 11) is 0. The average molecular weight is 163 g/mol. The fourth-order valence-electron chi connectivity index (χ4n) is 1.75. The van der Waals surface area contributed by atoms with Gasteiger partial charge in [-0.05, 0) is 25.3 Å². The van der Waals surface area contributed by atoms with E-state index in [1.165, 1.54) is 11.3 Å². The van der Waals surface area contributed by atoms with E-state index in [0.717, 1.165) is 18.7 Å². The first-order chi connectivity index (χ1) is 5.81. The largest absolute Gasteiger partial charge is 0.330 e. The van der Waals surface area contributed by atoms with E-state index < -0.39 is 0 Å². The van der Waals surface area contributed by atoms with Gasteiger partial charge in [0, 0.05) is 18.7 Å². The summed E-state index contributed by atoms with van der Waals surface area (Å²) in [4.78, 5) is 8.58. The molecule has 1 aromatic rings. The van der Waals surface area contributed by atoms with Crippen molar-refractivity contribution in [3.63, 3.8) is 0 Å². The van der Waals surface area contributed by atoms with Crippen LogP contribution in [-0.2, 0) is 6.42 Å². The van der Waals surface area contributed by atoms with Crippen molar-refractivity contribution in [2.45, 2.75) is 25.7 Å². The van der Waals surface area contributed by atoms with Gasteiger partial charge in [-0.3, -0.25) is 0 Å². The van der Waals surface area contributed by atoms with Crippen molar-refractivity contribution >= 4 is 0 Å². The first-order valence-corrected chi connectivity index (χ1v) is 4.33. The van der Waals surface area contributed by atoms with Crippen LogP contribution >= 0.6 is 0 Å². The third-order valence-electron chi connectivity index (χ3n) is 2.45. The monoisotopic (exact) mass is 163 g/mol. The quantitative estimate of drug-likeness (QED) is 0.665. The summed E-state index contributed by atoms with van der Waals surface area (Å²) in [5.74, 6) is 1.33. The Labute approximate surface area is 72.0 Å². The van der Waals surface area contributed by atoms with Gasteiger partial charge in [0.05, 0.1) is 5.69 Å². The molecule has 2 N–H and O–H groups in total. The Kier molecular flexibility index (Phi) is 1.81. The fourth-order valence-corrected chi connectivity index (χ4v) is 1.75. The Morgan fingerprint density at radius 2 is 2.50 bits per heavy atom. The van der Waals surface area contributed by atoms with Crippen LogP contribution in [-0.4, -0.2) is 16.5 Å². The lowest BCUT2D eigenvalue weighted by Gasteiger charge is -2.06. The third kappa shape index (κ3) is 1.10. The van der Waals surface area contributed by atoms with Gasteiger partial charge in [-0.2, -0.15) is 0 Å². The molecule has 64 valence electrons. The molecule has 1 heterocycles. The molecule has 0 saturated carbocycles. The van der Waals surface area contributed by atoms with Crippen molar-refractivity contribution in [2.24, 2.45) is 5.73 Å². The lowest BCUT2D eigenvalue weighted by atomic mass is 10.1. The number of rotatable bonds is 1. The zero-order valence-corrected chi connectivity index (χ0v) is 7.25. The second-order valence-electron chi connectivity index (χ2n) is 3.30. The molecule has 1 atom stereocenters. The van der Waals surface area contributed by atoms with Gasteiger partial charge >= 0.3 is 0 Å². The summed E-state index contributed by atoms with van der Waals surface area (Å²) in [5.41, 5.74) is 8.11. The molecule has 0 fully saturated rings. The van der Waals surface area contributed by atoms with E-state index >= 15 is 0 Å². The fraction of sp³-hybridized carbons (Fsp3) is 0.556. The van der Waals surface area contributed by atoms with Crippen LogP contribution in [0, 0.1) is 6.92 Å². The van der Waals surface area contributed by atoms with E-state index in [0.29, 0.717) is 12.5 Å². The Balaban J connectivity index is 2.42. The maximum Gasteiger partial charge on any atom is 0.125 e. The summed E-state index contributed by atoms with van der Waals surface area (Å²) >= 11 is 0. The van der Waals surface area contributed by atoms with Gasteiger partial charge in [0.15, 0.2) is 0 Å². The summed E-state index contributed by atoms with van der Waals surface area (Å²) in [6.07, 6.45) is 4.18. The van der Waals surface area contributed by atoms with Gasteiger partial charge in [0.2, 0.25) is 0 Å². The standard InChI is InChI=1S/C9H13N3/c1-6-11-5-8-3-2-7(4-10)9(8)12-6/h5,7H,2-4,10H2,1H3. The van der Waals surface area contributed by atoms with Crippen molar-refractivity contribution in [1.29, 1.82) is 0 Å². The zero-order valence-electron chi connectivity index (χ0n) is 7.25. The predicted molar refractivity (Wildman–Crippen MR) is 46.9 cm³/mol. The summed E-state index contributed by atoms with van der Waals surface area (Å²) < 4.78 is 0. The third-order valence-corrected chi connectivity index (χ3v) is 2.45. The van der Waals surface area contributed by atoms with Gasteiger partial charge in [0.1, 0.15) is 5.82 Å². The highest BCUT2D eigenvalue weighted by atomic mass is 14.9. The van der Waals surface area contributed by atoms with Crippen LogP contribution in [0.15, 0.2) is 6.20 Å². The number of hydrogen-bond donors (Lipinski definition) is 1. The van der Waals surface area contributed by atoms with Crippen molar-refractivity contribution in [1.82, 2.24) is 9.97 Å². The number of aryl methyl sites for hydroxylation is 2. The van der Waals surface area contributed by atoms with Gasteiger partial charge in [0.25, 0.3) is 0 Å². The Morgan fingerprint density at radius 1 is 1.67 bits per heavy atom. The van der Waals surface area contributed by atoms with E-state index in [2.05, 4.69) is 9.97 Å². The van der Waals surface area contributed by atoms with Crippen LogP contribution in [0.25, 0.3) is 0 Å². The van der Waals surface area contributed by atoms with Gasteiger partial charge in [-0.1, -0.05) is 0 Å². The first kappa shape index (κ1) is 7.68. The number of fused-ring (bicyclic) bond motifs is 1. The highest BCUT2D eigenvalue weighted by Crippen LogP contribution is 2.29. The van der Waals surface area contributed by atoms with Crippen molar-refractivity contribution < 1.29 is 0 Å². The zero-order chi connectivity index (χ0) is 8.55. The Morgan fingerprint density at radius 3 is 3.25 bits per heavy atom. The number of aromatic nitrogens is 2. The minimum Gasteiger partial charge on any atom is -0.330 e. The molecule has 0 amide bonds. The summed E-state index contributed by atoms with van der Waals surface area (Å²) in [5, 5.41) is 0. The van der Waals surface area contributed by atoms with Crippen molar-refractivity contribution in [3.05, 3.63) is 23.3 Å². The van der Waals surface area contributed by atoms with Crippen LogP contribution < -0.4 is 5.73 Å². The first-order valence-electron chi connectivity index (χ1n) is 4.33. The van der Waals surface area contributed by atoms with Gasteiger partial charge in [-0.25, -0.2) is 9.97 Å². The molecule has 1 unspecified atom stereocenters. The van der Waals surface area contributed by atoms with E-state index in [4.69, 9.17) is 5.73 Å². The number of nitrogens with zero attached hydrogens (tertiary/aromatic N) is 2. The van der Waals surface area contributed by atoms with Crippen molar-refractivity contribution in [2.75, 3.05) is 6.54 Å². The molecule has 0 spiro atoms. The molecule has 2 rings (SSSR count). The molecular weight excluding hydrogens is 150 g/mol. The molecule has 0 radical (unpaired) electrons. The number of hydrogen-bond acceptors (Lipinski definition) is 3. The lowest BCUT2D eigenvalue weighted by Crippen LogP contribution is -2.11. The van der Waals surface area contributed by atoms with E-state index in [1.54, 1.807) is 0 Å². The Hall–Kier alpha value is -0.960. The average Bonchev–Trinajstić information content (AvgIpc) is 2.46. The van der Waals surface area contributed by atoms with E-state index in [9.17, 15) is 0 Å². The minimum absolute atomic E-state index is 0.474.